The molecule has 4 N–H and O–H groups in total. The van der Waals surface area contributed by atoms with Crippen molar-refractivity contribution >= 4 is 11.9 Å². The smallest absolute Gasteiger partial charge is 0.550 e. The third-order valence-electron chi connectivity index (χ3n) is 0.167. The van der Waals surface area contributed by atoms with Gasteiger partial charge in [0, 0.05) is 25.0 Å². The summed E-state index contributed by atoms with van der Waals surface area (Å²) in [5.74, 6) is -2.17. The Morgan fingerprint density at radius 3 is 1.08 bits per heavy atom. The zero-order chi connectivity index (χ0) is 10.6. The van der Waals surface area contributed by atoms with Gasteiger partial charge < -0.3 is 31.3 Å². The van der Waals surface area contributed by atoms with Crippen LogP contribution in [-0.4, -0.2) is 25.0 Å². The molecule has 0 atom stereocenters. The van der Waals surface area contributed by atoms with E-state index in [1.807, 2.05) is 0 Å². The molecular weight excluding hydrogens is 220 g/mol. The number of nitrogens with two attached hydrogens (primary N) is 2. The number of carbonyl (C=O) groups is 2. The Labute approximate surface area is 87.8 Å². The maximum absolute atomic E-state index is 8.89. The quantitative estimate of drug-likeness (QED) is 0.450. The van der Waals surface area contributed by atoms with Crippen molar-refractivity contribution in [1.82, 2.24) is 0 Å². The molecule has 0 radical (unpaired) electrons. The van der Waals surface area contributed by atoms with Gasteiger partial charge in [0.15, 0.2) is 0 Å². The molecule has 7 heteroatoms. The molecule has 0 fully saturated rings. The monoisotopic (exact) mass is 234 g/mol. The minimum Gasteiger partial charge on any atom is -0.550 e. The van der Waals surface area contributed by atoms with Gasteiger partial charge in [0.25, 0.3) is 0 Å². The molecule has 0 unspecified atom stereocenters. The number of carboxylic acids is 2. The molecule has 0 aliphatic rings. The molecule has 0 rings (SSSR count). The first-order chi connectivity index (χ1) is 5.38. The van der Waals surface area contributed by atoms with Gasteiger partial charge in [-0.2, -0.15) is 0 Å². The Balaban J connectivity index is -0.0000000450. The summed E-state index contributed by atoms with van der Waals surface area (Å²) in [5, 5.41) is 17.8. The van der Waals surface area contributed by atoms with Crippen molar-refractivity contribution in [2.75, 3.05) is 13.1 Å². The van der Waals surface area contributed by atoms with Crippen LogP contribution in [0.5, 0.6) is 0 Å². The van der Waals surface area contributed by atoms with Crippen molar-refractivity contribution in [3.63, 3.8) is 0 Å². The van der Waals surface area contributed by atoms with Gasteiger partial charge in [-0.1, -0.05) is 0 Å². The maximum Gasteiger partial charge on any atom is 2.00 e. The number of rotatable bonds is 1. The van der Waals surface area contributed by atoms with Crippen LogP contribution in [0.2, 0.25) is 0 Å². The van der Waals surface area contributed by atoms with E-state index in [2.05, 4.69) is 0 Å². The second-order valence-corrected chi connectivity index (χ2v) is 1.56. The molecule has 6 nitrogen and oxygen atoms in total. The molecule has 0 saturated carbocycles. The number of hydrogen-bond donors (Lipinski definition) is 2. The Bertz CT molecular complexity index is 99.2. The van der Waals surface area contributed by atoms with E-state index in [0.29, 0.717) is 13.1 Å². The van der Waals surface area contributed by atoms with Crippen molar-refractivity contribution in [2.24, 2.45) is 11.5 Å². The number of aliphatic carboxylic acids is 2. The number of hydrogen-bond acceptors (Lipinski definition) is 6. The minimum atomic E-state index is -1.08. The van der Waals surface area contributed by atoms with Crippen molar-refractivity contribution < 1.29 is 36.9 Å². The Morgan fingerprint density at radius 2 is 1.08 bits per heavy atom. The van der Waals surface area contributed by atoms with Gasteiger partial charge >= 0.3 is 17.1 Å². The topological polar surface area (TPSA) is 132 Å². The molecule has 80 valence electrons. The predicted molar refractivity (Wildman–Crippen MR) is 39.5 cm³/mol. The van der Waals surface area contributed by atoms with Gasteiger partial charge in [-0.15, -0.1) is 0 Å². The Morgan fingerprint density at radius 1 is 1.00 bits per heavy atom. The van der Waals surface area contributed by atoms with Crippen LogP contribution in [0.15, 0.2) is 0 Å². The molecule has 0 amide bonds. The minimum absolute atomic E-state index is 0. The number of carbonyl (C=O) groups excluding carboxylic acids is 2. The molecule has 0 aromatic heterocycles. The summed E-state index contributed by atoms with van der Waals surface area (Å²) < 4.78 is 0. The SMILES string of the molecule is CC(=O)[O-].CC(=O)[O-].NCCN.[Fe+2]. The van der Waals surface area contributed by atoms with Crippen molar-refractivity contribution in [2.45, 2.75) is 13.8 Å². The van der Waals surface area contributed by atoms with E-state index in [9.17, 15) is 0 Å². The third-order valence-corrected chi connectivity index (χ3v) is 0.167. The van der Waals surface area contributed by atoms with Crippen LogP contribution >= 0.6 is 0 Å². The molecule has 0 aliphatic heterocycles. The first-order valence-electron chi connectivity index (χ1n) is 3.13. The molecule has 0 saturated heterocycles. The zero-order valence-electron chi connectivity index (χ0n) is 7.56. The Hall–Kier alpha value is -0.621. The van der Waals surface area contributed by atoms with E-state index in [0.717, 1.165) is 13.8 Å². The van der Waals surface area contributed by atoms with Gasteiger partial charge in [0.05, 0.1) is 0 Å². The fourth-order valence-corrected chi connectivity index (χ4v) is 0. The van der Waals surface area contributed by atoms with Crippen LogP contribution < -0.4 is 21.7 Å². The third kappa shape index (κ3) is 6950. The first-order valence-corrected chi connectivity index (χ1v) is 3.13. The van der Waals surface area contributed by atoms with Gasteiger partial charge in [-0.05, 0) is 13.8 Å². The van der Waals surface area contributed by atoms with Crippen molar-refractivity contribution in [3.8, 4) is 0 Å². The van der Waals surface area contributed by atoms with Crippen LogP contribution in [-0.2, 0) is 26.7 Å². The van der Waals surface area contributed by atoms with E-state index in [1.165, 1.54) is 0 Å². The summed E-state index contributed by atoms with van der Waals surface area (Å²) in [5.41, 5.74) is 9.81. The second-order valence-electron chi connectivity index (χ2n) is 1.56. The van der Waals surface area contributed by atoms with Crippen LogP contribution in [0.25, 0.3) is 0 Å². The summed E-state index contributed by atoms with van der Waals surface area (Å²) >= 11 is 0. The van der Waals surface area contributed by atoms with Crippen LogP contribution in [0.1, 0.15) is 13.8 Å². The van der Waals surface area contributed by atoms with Crippen LogP contribution in [0.3, 0.4) is 0 Å². The molecule has 0 heterocycles. The van der Waals surface area contributed by atoms with E-state index in [4.69, 9.17) is 31.3 Å². The maximum atomic E-state index is 8.89. The fourth-order valence-electron chi connectivity index (χ4n) is 0. The molecular formula is C6H14FeN2O4. The summed E-state index contributed by atoms with van der Waals surface area (Å²) in [6.07, 6.45) is 0. The van der Waals surface area contributed by atoms with Gasteiger partial charge in [-0.3, -0.25) is 0 Å². The van der Waals surface area contributed by atoms with Crippen molar-refractivity contribution in [3.05, 3.63) is 0 Å². The van der Waals surface area contributed by atoms with Crippen LogP contribution in [0, 0.1) is 0 Å². The van der Waals surface area contributed by atoms with E-state index in [-0.39, 0.29) is 17.1 Å². The molecule has 0 aliphatic carbocycles. The van der Waals surface area contributed by atoms with Crippen molar-refractivity contribution in [1.29, 1.82) is 0 Å². The van der Waals surface area contributed by atoms with Crippen LogP contribution in [0.4, 0.5) is 0 Å². The summed E-state index contributed by atoms with van der Waals surface area (Å²) in [4.78, 5) is 17.8. The summed E-state index contributed by atoms with van der Waals surface area (Å²) in [6.45, 7) is 3.14. The molecule has 0 aromatic rings. The van der Waals surface area contributed by atoms with E-state index in [1.54, 1.807) is 0 Å². The molecule has 0 spiro atoms. The van der Waals surface area contributed by atoms with E-state index >= 15 is 0 Å². The summed E-state index contributed by atoms with van der Waals surface area (Å²) in [6, 6.07) is 0. The first kappa shape index (κ1) is 22.8. The fraction of sp³-hybridized carbons (Fsp3) is 0.667. The molecule has 0 bridgehead atoms. The van der Waals surface area contributed by atoms with Gasteiger partial charge in [0.1, 0.15) is 0 Å². The number of carboxylic acid groups (broad SMARTS) is 2. The second kappa shape index (κ2) is 22.5. The van der Waals surface area contributed by atoms with E-state index < -0.39 is 11.9 Å². The Kier molecular flexibility index (Phi) is 39.5. The largest absolute Gasteiger partial charge is 2.00 e. The standard InChI is InChI=1S/C2H8N2.2C2H4O2.Fe/c3-1-2-4;2*1-2(3)4;/h1-4H2;2*1H3,(H,3,4);/q;;;+2/p-2. The average molecular weight is 234 g/mol. The zero-order valence-corrected chi connectivity index (χ0v) is 8.66. The van der Waals surface area contributed by atoms with Gasteiger partial charge in [-0.25, -0.2) is 0 Å². The predicted octanol–water partition coefficient (Wildman–Crippen LogP) is -3.59. The molecule has 13 heavy (non-hydrogen) atoms. The van der Waals surface area contributed by atoms with Gasteiger partial charge in [0.2, 0.25) is 0 Å². The normalized spacial score (nSPS) is 6.15. The average Bonchev–Trinajstić information content (AvgIpc) is 1.85. The molecule has 0 aromatic carbocycles. The summed E-state index contributed by atoms with van der Waals surface area (Å²) in [7, 11) is 0.